The van der Waals surface area contributed by atoms with E-state index in [1.807, 2.05) is 6.07 Å². The molecular formula is C21H30F. The predicted molar refractivity (Wildman–Crippen MR) is 90.3 cm³/mol. The molecule has 0 spiro atoms. The molecule has 0 bridgehead atoms. The Kier molecular flexibility index (Phi) is 5.55. The third kappa shape index (κ3) is 3.91. The van der Waals surface area contributed by atoms with Crippen LogP contribution in [-0.4, -0.2) is 0 Å². The summed E-state index contributed by atoms with van der Waals surface area (Å²) in [5.74, 6) is 3.42. The lowest BCUT2D eigenvalue weighted by atomic mass is 9.68. The highest BCUT2D eigenvalue weighted by atomic mass is 19.1. The number of rotatable bonds is 4. The highest BCUT2D eigenvalue weighted by Crippen LogP contribution is 2.44. The van der Waals surface area contributed by atoms with Crippen molar-refractivity contribution in [3.05, 3.63) is 35.6 Å². The van der Waals surface area contributed by atoms with E-state index in [1.165, 1.54) is 75.8 Å². The van der Waals surface area contributed by atoms with Crippen molar-refractivity contribution in [3.63, 3.8) is 0 Å². The van der Waals surface area contributed by atoms with Crippen molar-refractivity contribution in [1.82, 2.24) is 0 Å². The lowest BCUT2D eigenvalue weighted by Gasteiger charge is -2.38. The molecule has 1 radical (unpaired) electrons. The van der Waals surface area contributed by atoms with Gasteiger partial charge in [0, 0.05) is 0 Å². The molecule has 121 valence electrons. The molecule has 0 N–H and O–H groups in total. The topological polar surface area (TPSA) is 0 Å². The van der Waals surface area contributed by atoms with E-state index in [4.69, 9.17) is 0 Å². The van der Waals surface area contributed by atoms with Crippen LogP contribution in [0.3, 0.4) is 0 Å². The molecule has 1 heteroatoms. The molecule has 0 amide bonds. The Morgan fingerprint density at radius 3 is 2.14 bits per heavy atom. The summed E-state index contributed by atoms with van der Waals surface area (Å²) in [7, 11) is 0. The zero-order valence-corrected chi connectivity index (χ0v) is 14.0. The van der Waals surface area contributed by atoms with Gasteiger partial charge in [-0.2, -0.15) is 0 Å². The first-order chi connectivity index (χ1) is 10.8. The average Bonchev–Trinajstić information content (AvgIpc) is 2.57. The summed E-state index contributed by atoms with van der Waals surface area (Å²) < 4.78 is 13.0. The minimum atomic E-state index is -0.165. The van der Waals surface area contributed by atoms with Gasteiger partial charge in [-0.3, -0.25) is 0 Å². The zero-order chi connectivity index (χ0) is 15.4. The average molecular weight is 301 g/mol. The second-order valence-electron chi connectivity index (χ2n) is 7.64. The fourth-order valence-corrected chi connectivity index (χ4v) is 4.93. The summed E-state index contributed by atoms with van der Waals surface area (Å²) in [5.41, 5.74) is 1.23. The number of benzene rings is 1. The molecule has 1 aromatic carbocycles. The maximum Gasteiger partial charge on any atom is 0.123 e. The van der Waals surface area contributed by atoms with Crippen molar-refractivity contribution in [2.75, 3.05) is 0 Å². The Morgan fingerprint density at radius 1 is 0.955 bits per heavy atom. The minimum absolute atomic E-state index is 0.165. The molecule has 0 saturated heterocycles. The first kappa shape index (κ1) is 16.0. The van der Waals surface area contributed by atoms with Crippen LogP contribution in [0.1, 0.15) is 82.6 Å². The lowest BCUT2D eigenvalue weighted by Crippen LogP contribution is -2.25. The van der Waals surface area contributed by atoms with Crippen LogP contribution < -0.4 is 0 Å². The van der Waals surface area contributed by atoms with Gasteiger partial charge in [0.05, 0.1) is 0 Å². The minimum Gasteiger partial charge on any atom is -0.207 e. The van der Waals surface area contributed by atoms with Gasteiger partial charge in [-0.15, -0.1) is 0 Å². The molecule has 0 atom stereocenters. The molecular weight excluding hydrogens is 271 g/mol. The predicted octanol–water partition coefficient (Wildman–Crippen LogP) is 6.51. The van der Waals surface area contributed by atoms with Crippen LogP contribution in [0, 0.1) is 29.6 Å². The molecule has 0 heterocycles. The molecule has 3 rings (SSSR count). The van der Waals surface area contributed by atoms with Gasteiger partial charge in [0.25, 0.3) is 0 Å². The van der Waals surface area contributed by atoms with E-state index in [1.54, 1.807) is 6.07 Å². The number of hydrogen-bond donors (Lipinski definition) is 0. The second kappa shape index (κ2) is 7.62. The molecule has 0 aliphatic heterocycles. The van der Waals surface area contributed by atoms with Crippen molar-refractivity contribution in [2.24, 2.45) is 17.8 Å². The summed E-state index contributed by atoms with van der Waals surface area (Å²) in [6, 6.07) is 8.17. The van der Waals surface area contributed by atoms with E-state index in [0.717, 1.165) is 17.8 Å². The molecule has 2 aliphatic rings. The molecule has 0 unspecified atom stereocenters. The Morgan fingerprint density at radius 2 is 1.59 bits per heavy atom. The van der Waals surface area contributed by atoms with Crippen LogP contribution in [0.15, 0.2) is 18.2 Å². The summed E-state index contributed by atoms with van der Waals surface area (Å²) in [4.78, 5) is 0. The number of halogens is 1. The van der Waals surface area contributed by atoms with Crippen LogP contribution in [0.25, 0.3) is 0 Å². The van der Waals surface area contributed by atoms with Gasteiger partial charge < -0.3 is 0 Å². The third-order valence-electron chi connectivity index (χ3n) is 6.27. The summed E-state index contributed by atoms with van der Waals surface area (Å²) in [6.45, 7) is 2.32. The molecule has 2 fully saturated rings. The summed E-state index contributed by atoms with van der Waals surface area (Å²) in [5, 5.41) is 0. The standard InChI is InChI=1S/C21H30F/c1-2-3-16-4-6-17(7-5-16)18-8-10-19(11-9-18)20-12-14-21(22)15-13-20/h12,14-19H,2-11H2,1H3. The van der Waals surface area contributed by atoms with Crippen LogP contribution in [-0.2, 0) is 0 Å². The maximum atomic E-state index is 13.0. The Balaban J connectivity index is 1.47. The molecule has 1 aromatic rings. The highest BCUT2D eigenvalue weighted by Gasteiger charge is 2.31. The van der Waals surface area contributed by atoms with Crippen LogP contribution in [0.5, 0.6) is 0 Å². The van der Waals surface area contributed by atoms with E-state index < -0.39 is 0 Å². The van der Waals surface area contributed by atoms with Crippen molar-refractivity contribution in [2.45, 2.75) is 77.0 Å². The van der Waals surface area contributed by atoms with Gasteiger partial charge in [0.15, 0.2) is 0 Å². The van der Waals surface area contributed by atoms with E-state index >= 15 is 0 Å². The van der Waals surface area contributed by atoms with Crippen LogP contribution in [0.4, 0.5) is 4.39 Å². The van der Waals surface area contributed by atoms with E-state index in [2.05, 4.69) is 13.0 Å². The Labute approximate surface area is 135 Å². The summed E-state index contributed by atoms with van der Waals surface area (Å²) in [6.07, 6.45) is 14.0. The van der Waals surface area contributed by atoms with Crippen molar-refractivity contribution >= 4 is 0 Å². The van der Waals surface area contributed by atoms with Gasteiger partial charge in [0.2, 0.25) is 0 Å². The quantitative estimate of drug-likeness (QED) is 0.595. The monoisotopic (exact) mass is 301 g/mol. The van der Waals surface area contributed by atoms with Crippen molar-refractivity contribution in [1.29, 1.82) is 0 Å². The molecule has 22 heavy (non-hydrogen) atoms. The van der Waals surface area contributed by atoms with E-state index in [9.17, 15) is 4.39 Å². The fraction of sp³-hybridized carbons (Fsp3) is 0.714. The van der Waals surface area contributed by atoms with Gasteiger partial charge in [0.1, 0.15) is 5.82 Å². The van der Waals surface area contributed by atoms with Gasteiger partial charge in [-0.25, -0.2) is 4.39 Å². The first-order valence-corrected chi connectivity index (χ1v) is 9.43. The SMILES string of the molecule is CCCC1CCC(C2CCC(c3[c]cc(F)cc3)CC2)CC1. The fourth-order valence-electron chi connectivity index (χ4n) is 4.93. The van der Waals surface area contributed by atoms with Gasteiger partial charge in [-0.1, -0.05) is 38.7 Å². The zero-order valence-electron chi connectivity index (χ0n) is 14.0. The molecule has 2 aliphatic carbocycles. The Bertz CT molecular complexity index is 433. The van der Waals surface area contributed by atoms with Crippen LogP contribution >= 0.6 is 0 Å². The Hall–Kier alpha value is -0.850. The smallest absolute Gasteiger partial charge is 0.123 e. The normalized spacial score (nSPS) is 32.8. The van der Waals surface area contributed by atoms with Crippen LogP contribution in [0.2, 0.25) is 0 Å². The third-order valence-corrected chi connectivity index (χ3v) is 6.27. The molecule has 0 aromatic heterocycles. The summed E-state index contributed by atoms with van der Waals surface area (Å²) >= 11 is 0. The largest absolute Gasteiger partial charge is 0.207 e. The van der Waals surface area contributed by atoms with Crippen molar-refractivity contribution in [3.8, 4) is 0 Å². The second-order valence-corrected chi connectivity index (χ2v) is 7.64. The van der Waals surface area contributed by atoms with Gasteiger partial charge in [-0.05, 0) is 86.0 Å². The number of hydrogen-bond acceptors (Lipinski definition) is 0. The molecule has 0 nitrogen and oxygen atoms in total. The highest BCUT2D eigenvalue weighted by molar-refractivity contribution is 5.19. The first-order valence-electron chi connectivity index (χ1n) is 9.43. The maximum absolute atomic E-state index is 13.0. The van der Waals surface area contributed by atoms with E-state index in [0.29, 0.717) is 5.92 Å². The van der Waals surface area contributed by atoms with E-state index in [-0.39, 0.29) is 5.82 Å². The van der Waals surface area contributed by atoms with Crippen molar-refractivity contribution < 1.29 is 4.39 Å². The van der Waals surface area contributed by atoms with Gasteiger partial charge >= 0.3 is 0 Å². The lowest BCUT2D eigenvalue weighted by molar-refractivity contribution is 0.156. The molecule has 2 saturated carbocycles.